The van der Waals surface area contributed by atoms with Gasteiger partial charge in [0, 0.05) is 18.8 Å². The molecular formula is C14H23FN2. The van der Waals surface area contributed by atoms with E-state index in [2.05, 4.69) is 18.7 Å². The van der Waals surface area contributed by atoms with Crippen molar-refractivity contribution in [2.75, 3.05) is 24.5 Å². The van der Waals surface area contributed by atoms with Crippen molar-refractivity contribution in [1.82, 2.24) is 0 Å². The van der Waals surface area contributed by atoms with Crippen molar-refractivity contribution < 1.29 is 4.39 Å². The highest BCUT2D eigenvalue weighted by Gasteiger charge is 2.05. The van der Waals surface area contributed by atoms with Gasteiger partial charge in [0.05, 0.1) is 0 Å². The van der Waals surface area contributed by atoms with Crippen LogP contribution >= 0.6 is 0 Å². The summed E-state index contributed by atoms with van der Waals surface area (Å²) in [5, 5.41) is 0. The minimum Gasteiger partial charge on any atom is -0.372 e. The highest BCUT2D eigenvalue weighted by molar-refractivity contribution is 5.45. The van der Waals surface area contributed by atoms with Gasteiger partial charge in [0.25, 0.3) is 0 Å². The number of benzene rings is 1. The van der Waals surface area contributed by atoms with Crippen LogP contribution in [0.3, 0.4) is 0 Å². The van der Waals surface area contributed by atoms with Crippen molar-refractivity contribution in [3.63, 3.8) is 0 Å². The van der Waals surface area contributed by atoms with Gasteiger partial charge >= 0.3 is 0 Å². The van der Waals surface area contributed by atoms with Crippen LogP contribution in [0.5, 0.6) is 0 Å². The number of hydrogen-bond donors (Lipinski definition) is 1. The Morgan fingerprint density at radius 3 is 2.47 bits per heavy atom. The fraction of sp³-hybridized carbons (Fsp3) is 0.571. The maximum atomic E-state index is 12.8. The van der Waals surface area contributed by atoms with Crippen molar-refractivity contribution >= 4 is 5.69 Å². The zero-order valence-electron chi connectivity index (χ0n) is 10.8. The molecule has 0 saturated heterocycles. The molecule has 0 aliphatic heterocycles. The van der Waals surface area contributed by atoms with Crippen LogP contribution in [-0.4, -0.2) is 19.6 Å². The normalized spacial score (nSPS) is 12.5. The maximum absolute atomic E-state index is 12.8. The second kappa shape index (κ2) is 7.28. The molecular weight excluding hydrogens is 215 g/mol. The number of anilines is 1. The number of halogens is 1. The van der Waals surface area contributed by atoms with Crippen LogP contribution in [0.2, 0.25) is 0 Å². The van der Waals surface area contributed by atoms with Crippen LogP contribution in [0.4, 0.5) is 10.1 Å². The largest absolute Gasteiger partial charge is 0.372 e. The van der Waals surface area contributed by atoms with Gasteiger partial charge in [-0.15, -0.1) is 0 Å². The van der Waals surface area contributed by atoms with Crippen molar-refractivity contribution in [1.29, 1.82) is 0 Å². The Hall–Kier alpha value is -1.09. The van der Waals surface area contributed by atoms with Crippen molar-refractivity contribution in [3.8, 4) is 0 Å². The predicted octanol–water partition coefficient (Wildman–Crippen LogP) is 3.03. The van der Waals surface area contributed by atoms with Gasteiger partial charge in [0.2, 0.25) is 0 Å². The molecule has 1 aromatic rings. The monoisotopic (exact) mass is 238 g/mol. The lowest BCUT2D eigenvalue weighted by atomic mass is 10.1. The molecule has 2 N–H and O–H groups in total. The first-order valence-corrected chi connectivity index (χ1v) is 6.38. The summed E-state index contributed by atoms with van der Waals surface area (Å²) >= 11 is 0. The Morgan fingerprint density at radius 1 is 1.29 bits per heavy atom. The molecule has 0 aliphatic rings. The summed E-state index contributed by atoms with van der Waals surface area (Å²) in [6.07, 6.45) is 2.28. The molecule has 0 amide bonds. The summed E-state index contributed by atoms with van der Waals surface area (Å²) in [6.45, 7) is 7.00. The van der Waals surface area contributed by atoms with E-state index in [1.807, 2.05) is 12.1 Å². The van der Waals surface area contributed by atoms with Crippen LogP contribution < -0.4 is 10.6 Å². The zero-order chi connectivity index (χ0) is 12.7. The molecule has 0 aliphatic carbocycles. The first-order chi connectivity index (χ1) is 8.17. The molecule has 17 heavy (non-hydrogen) atoms. The van der Waals surface area contributed by atoms with Gasteiger partial charge in [-0.1, -0.05) is 6.92 Å². The van der Waals surface area contributed by atoms with Gasteiger partial charge in [0.15, 0.2) is 0 Å². The molecule has 0 saturated carbocycles. The molecule has 0 fully saturated rings. The Balaban J connectivity index is 2.45. The smallest absolute Gasteiger partial charge is 0.123 e. The quantitative estimate of drug-likeness (QED) is 0.791. The predicted molar refractivity (Wildman–Crippen MR) is 71.7 cm³/mol. The highest BCUT2D eigenvalue weighted by atomic mass is 19.1. The van der Waals surface area contributed by atoms with E-state index < -0.39 is 0 Å². The van der Waals surface area contributed by atoms with Gasteiger partial charge in [-0.25, -0.2) is 4.39 Å². The number of nitrogens with two attached hydrogens (primary N) is 1. The molecule has 0 bridgehead atoms. The topological polar surface area (TPSA) is 29.3 Å². The Labute approximate surface area is 104 Å². The number of rotatable bonds is 7. The summed E-state index contributed by atoms with van der Waals surface area (Å²) in [5.74, 6) is 0.406. The molecule has 2 nitrogen and oxygen atoms in total. The molecule has 0 radical (unpaired) electrons. The van der Waals surface area contributed by atoms with Crippen LogP contribution in [0.25, 0.3) is 0 Å². The molecule has 96 valence electrons. The lowest BCUT2D eigenvalue weighted by Crippen LogP contribution is -2.24. The average molecular weight is 238 g/mol. The van der Waals surface area contributed by atoms with Crippen LogP contribution in [0, 0.1) is 11.7 Å². The summed E-state index contributed by atoms with van der Waals surface area (Å²) in [7, 11) is 0. The zero-order valence-corrected chi connectivity index (χ0v) is 10.8. The van der Waals surface area contributed by atoms with E-state index in [0.717, 1.165) is 38.2 Å². The van der Waals surface area contributed by atoms with Crippen LogP contribution in [-0.2, 0) is 0 Å². The second-order valence-corrected chi connectivity index (χ2v) is 4.54. The first kappa shape index (κ1) is 14.0. The Bertz CT molecular complexity index is 311. The molecule has 0 heterocycles. The molecule has 0 spiro atoms. The lowest BCUT2D eigenvalue weighted by Gasteiger charge is -2.23. The number of hydrogen-bond acceptors (Lipinski definition) is 2. The molecule has 1 rings (SSSR count). The fourth-order valence-corrected chi connectivity index (χ4v) is 1.87. The van der Waals surface area contributed by atoms with E-state index >= 15 is 0 Å². The van der Waals surface area contributed by atoms with Crippen molar-refractivity contribution in [2.45, 2.75) is 26.7 Å². The third kappa shape index (κ3) is 4.73. The summed E-state index contributed by atoms with van der Waals surface area (Å²) in [5.41, 5.74) is 6.69. The van der Waals surface area contributed by atoms with Crippen LogP contribution in [0.1, 0.15) is 26.7 Å². The molecule has 3 heteroatoms. The van der Waals surface area contributed by atoms with Gasteiger partial charge in [-0.05, 0) is 56.5 Å². The van der Waals surface area contributed by atoms with Gasteiger partial charge in [0.1, 0.15) is 5.82 Å². The Morgan fingerprint density at radius 2 is 1.94 bits per heavy atom. The SMILES string of the molecule is CCN(CCCC(C)CN)c1ccc(F)cc1. The average Bonchev–Trinajstić information content (AvgIpc) is 2.35. The van der Waals surface area contributed by atoms with E-state index in [9.17, 15) is 4.39 Å². The van der Waals surface area contributed by atoms with Crippen LogP contribution in [0.15, 0.2) is 24.3 Å². The summed E-state index contributed by atoms with van der Waals surface area (Å²) in [4.78, 5) is 2.27. The molecule has 1 atom stereocenters. The molecule has 1 aromatic carbocycles. The lowest BCUT2D eigenvalue weighted by molar-refractivity contribution is 0.518. The maximum Gasteiger partial charge on any atom is 0.123 e. The first-order valence-electron chi connectivity index (χ1n) is 6.38. The van der Waals surface area contributed by atoms with Crippen molar-refractivity contribution in [2.24, 2.45) is 11.7 Å². The molecule has 0 aromatic heterocycles. The third-order valence-electron chi connectivity index (χ3n) is 3.10. The summed E-state index contributed by atoms with van der Waals surface area (Å²) in [6, 6.07) is 6.71. The van der Waals surface area contributed by atoms with E-state index in [-0.39, 0.29) is 5.82 Å². The van der Waals surface area contributed by atoms with Gasteiger partial charge in [-0.2, -0.15) is 0 Å². The Kier molecular flexibility index (Phi) is 5.98. The molecule has 1 unspecified atom stereocenters. The number of nitrogens with zero attached hydrogens (tertiary/aromatic N) is 1. The van der Waals surface area contributed by atoms with E-state index in [4.69, 9.17) is 5.73 Å². The van der Waals surface area contributed by atoms with E-state index in [1.165, 1.54) is 12.1 Å². The highest BCUT2D eigenvalue weighted by Crippen LogP contribution is 2.16. The third-order valence-corrected chi connectivity index (χ3v) is 3.10. The van der Waals surface area contributed by atoms with Gasteiger partial charge in [-0.3, -0.25) is 0 Å². The summed E-state index contributed by atoms with van der Waals surface area (Å²) < 4.78 is 12.8. The van der Waals surface area contributed by atoms with E-state index in [1.54, 1.807) is 0 Å². The minimum absolute atomic E-state index is 0.179. The second-order valence-electron chi connectivity index (χ2n) is 4.54. The fourth-order valence-electron chi connectivity index (χ4n) is 1.87. The standard InChI is InChI=1S/C14H23FN2/c1-3-17(10-4-5-12(2)11-16)14-8-6-13(15)7-9-14/h6-9,12H,3-5,10-11,16H2,1-2H3. The minimum atomic E-state index is -0.179. The van der Waals surface area contributed by atoms with Gasteiger partial charge < -0.3 is 10.6 Å². The van der Waals surface area contributed by atoms with Crippen molar-refractivity contribution in [3.05, 3.63) is 30.1 Å². The van der Waals surface area contributed by atoms with E-state index in [0.29, 0.717) is 5.92 Å².